The SMILES string of the molecule is O=C(Cc1cccc(OCC2CCN(C(=O)c3ccc(C(=O)N4CCC(CNCC(O)c5ccc(O)c6[nH]c(=O)ccc56)CC4)s3)CC2)c1)OCC1CCN(Cc2ccccc2)CC1. The molecule has 8 rings (SSSR count). The lowest BCUT2D eigenvalue weighted by Gasteiger charge is -2.32. The Bertz CT molecular complexity index is 2420. The number of aliphatic hydroxyl groups is 1. The Hall–Kier alpha value is -5.54. The van der Waals surface area contributed by atoms with E-state index in [9.17, 15) is 29.4 Å². The topological polar surface area (TPSA) is 165 Å². The molecule has 3 aliphatic heterocycles. The van der Waals surface area contributed by atoms with Gasteiger partial charge in [-0.25, -0.2) is 0 Å². The quantitative estimate of drug-likeness (QED) is 0.0816. The minimum Gasteiger partial charge on any atom is -0.506 e. The number of H-pyrrole nitrogens is 1. The van der Waals surface area contributed by atoms with Crippen molar-refractivity contribution >= 4 is 40.0 Å². The number of pyridine rings is 1. The van der Waals surface area contributed by atoms with Crippen LogP contribution in [0.4, 0.5) is 0 Å². The maximum absolute atomic E-state index is 13.5. The van der Waals surface area contributed by atoms with Gasteiger partial charge in [-0.05, 0) is 129 Å². The molecule has 3 aliphatic rings. The number of aromatic amines is 1. The van der Waals surface area contributed by atoms with Crippen molar-refractivity contribution in [3.63, 3.8) is 0 Å². The van der Waals surface area contributed by atoms with E-state index in [0.717, 1.165) is 69.5 Å². The molecule has 4 N–H and O–H groups in total. The Kier molecular flexibility index (Phi) is 15.1. The monoisotopic (exact) mass is 889 g/mol. The molecule has 64 heavy (non-hydrogen) atoms. The molecule has 0 radical (unpaired) electrons. The Morgan fingerprint density at radius 2 is 1.38 bits per heavy atom. The van der Waals surface area contributed by atoms with E-state index in [4.69, 9.17) is 9.47 Å². The largest absolute Gasteiger partial charge is 0.506 e. The number of amides is 2. The van der Waals surface area contributed by atoms with Crippen LogP contribution in [-0.4, -0.2) is 113 Å². The first kappa shape index (κ1) is 45.0. The number of esters is 1. The predicted molar refractivity (Wildman–Crippen MR) is 247 cm³/mol. The second kappa shape index (κ2) is 21.4. The summed E-state index contributed by atoms with van der Waals surface area (Å²) in [5.74, 6) is 1.40. The number of nitrogens with zero attached hydrogens (tertiary/aromatic N) is 3. The Morgan fingerprint density at radius 1 is 0.734 bits per heavy atom. The number of aromatic hydroxyl groups is 1. The fourth-order valence-corrected chi connectivity index (χ4v) is 10.1. The summed E-state index contributed by atoms with van der Waals surface area (Å²) in [5.41, 5.74) is 2.79. The zero-order valence-corrected chi connectivity index (χ0v) is 37.1. The first-order valence-electron chi connectivity index (χ1n) is 22.7. The average molecular weight is 890 g/mol. The number of nitrogens with one attached hydrogen (secondary N) is 2. The van der Waals surface area contributed by atoms with Gasteiger partial charge in [-0.2, -0.15) is 0 Å². The van der Waals surface area contributed by atoms with E-state index >= 15 is 0 Å². The lowest BCUT2D eigenvalue weighted by atomic mass is 9.96. The summed E-state index contributed by atoms with van der Waals surface area (Å²) in [6, 6.07) is 27.9. The normalized spacial score (nSPS) is 17.4. The zero-order chi connectivity index (χ0) is 44.4. The fraction of sp³-hybridized carbons (Fsp3) is 0.440. The molecule has 0 spiro atoms. The number of hydrogen-bond acceptors (Lipinski definition) is 11. The summed E-state index contributed by atoms with van der Waals surface area (Å²) >= 11 is 1.26. The van der Waals surface area contributed by atoms with Gasteiger partial charge in [-0.1, -0.05) is 48.5 Å². The van der Waals surface area contributed by atoms with Gasteiger partial charge in [0.15, 0.2) is 0 Å². The third-order valence-corrected chi connectivity index (χ3v) is 14.1. The van der Waals surface area contributed by atoms with E-state index in [1.165, 1.54) is 29.0 Å². The van der Waals surface area contributed by atoms with Gasteiger partial charge in [0, 0.05) is 50.7 Å². The van der Waals surface area contributed by atoms with E-state index in [2.05, 4.69) is 39.5 Å². The maximum atomic E-state index is 13.5. The number of rotatable bonds is 16. The number of ether oxygens (including phenoxy) is 2. The summed E-state index contributed by atoms with van der Waals surface area (Å²) in [4.78, 5) is 61.4. The number of phenols is 1. The molecule has 5 heterocycles. The van der Waals surface area contributed by atoms with Crippen LogP contribution in [0.3, 0.4) is 0 Å². The van der Waals surface area contributed by atoms with Crippen LogP contribution in [0.15, 0.2) is 95.8 Å². The van der Waals surface area contributed by atoms with E-state index < -0.39 is 6.10 Å². The van der Waals surface area contributed by atoms with Crippen LogP contribution in [0, 0.1) is 17.8 Å². The molecule has 2 amide bonds. The van der Waals surface area contributed by atoms with Crippen molar-refractivity contribution in [3.05, 3.63) is 128 Å². The van der Waals surface area contributed by atoms with Crippen molar-refractivity contribution in [2.75, 3.05) is 65.6 Å². The van der Waals surface area contributed by atoms with E-state index in [1.807, 2.05) is 40.1 Å². The highest BCUT2D eigenvalue weighted by Crippen LogP contribution is 2.30. The molecule has 1 unspecified atom stereocenters. The van der Waals surface area contributed by atoms with Gasteiger partial charge in [-0.15, -0.1) is 11.3 Å². The van der Waals surface area contributed by atoms with Crippen LogP contribution in [-0.2, 0) is 22.5 Å². The second-order valence-corrected chi connectivity index (χ2v) is 18.7. The maximum Gasteiger partial charge on any atom is 0.310 e. The van der Waals surface area contributed by atoms with Crippen molar-refractivity contribution < 1.29 is 34.1 Å². The Labute approximate surface area is 378 Å². The van der Waals surface area contributed by atoms with Crippen molar-refractivity contribution in [1.82, 2.24) is 25.0 Å². The number of aliphatic hydroxyl groups excluding tert-OH is 1. The Morgan fingerprint density at radius 3 is 2.08 bits per heavy atom. The molecule has 14 heteroatoms. The number of aromatic nitrogens is 1. The summed E-state index contributed by atoms with van der Waals surface area (Å²) in [7, 11) is 0. The molecule has 3 aromatic carbocycles. The van der Waals surface area contributed by atoms with Crippen LogP contribution in [0.2, 0.25) is 0 Å². The van der Waals surface area contributed by atoms with Crippen molar-refractivity contribution in [2.45, 2.75) is 57.6 Å². The van der Waals surface area contributed by atoms with Crippen molar-refractivity contribution in [3.8, 4) is 11.5 Å². The molecule has 338 valence electrons. The van der Waals surface area contributed by atoms with Crippen LogP contribution >= 0.6 is 11.3 Å². The fourth-order valence-electron chi connectivity index (χ4n) is 9.15. The number of carbonyl (C=O) groups is 3. The summed E-state index contributed by atoms with van der Waals surface area (Å²) in [6.45, 7) is 7.46. The second-order valence-electron chi connectivity index (χ2n) is 17.6. The first-order chi connectivity index (χ1) is 31.1. The van der Waals surface area contributed by atoms with E-state index in [0.29, 0.717) is 96.5 Å². The predicted octanol–water partition coefficient (Wildman–Crippen LogP) is 6.40. The summed E-state index contributed by atoms with van der Waals surface area (Å²) in [5, 5.41) is 25.0. The first-order valence-corrected chi connectivity index (χ1v) is 23.5. The number of hydrogen-bond donors (Lipinski definition) is 4. The number of benzene rings is 3. The number of phenolic OH excluding ortho intramolecular Hbond substituents is 1. The minimum atomic E-state index is -0.831. The molecule has 1 atom stereocenters. The van der Waals surface area contributed by atoms with Crippen LogP contribution in [0.1, 0.15) is 80.7 Å². The zero-order valence-electron chi connectivity index (χ0n) is 36.3. The van der Waals surface area contributed by atoms with E-state index in [1.54, 1.807) is 24.3 Å². The Balaban J connectivity index is 0.706. The molecular weight excluding hydrogens is 831 g/mol. The molecule has 3 saturated heterocycles. The van der Waals surface area contributed by atoms with Crippen LogP contribution in [0.5, 0.6) is 11.5 Å². The highest BCUT2D eigenvalue weighted by atomic mass is 32.1. The van der Waals surface area contributed by atoms with Gasteiger partial charge in [0.25, 0.3) is 11.8 Å². The molecule has 2 aromatic heterocycles. The van der Waals surface area contributed by atoms with Gasteiger partial charge >= 0.3 is 5.97 Å². The standard InChI is InChI=1S/C50H59N5O8S/c56-42-11-9-40(41-10-14-46(58)52-48(41)42)43(57)30-51-29-34-17-23-54(24-18-34)49(60)44-12-13-45(64-44)50(61)55-25-19-37(20-26-55)32-62-39-8-4-7-38(27-39)28-47(59)63-33-36-15-21-53(22-16-36)31-35-5-2-1-3-6-35/h1-14,27,34,36-37,43,51,56-57H,15-26,28-33H2,(H,52,58). The number of carbonyl (C=O) groups excluding carboxylic acids is 3. The average Bonchev–Trinajstić information content (AvgIpc) is 3.82. The lowest BCUT2D eigenvalue weighted by molar-refractivity contribution is -0.144. The highest BCUT2D eigenvalue weighted by Gasteiger charge is 2.29. The van der Waals surface area contributed by atoms with E-state index in [-0.39, 0.29) is 35.5 Å². The van der Waals surface area contributed by atoms with Gasteiger partial charge in [0.1, 0.15) is 11.5 Å². The molecule has 13 nitrogen and oxygen atoms in total. The molecule has 5 aromatic rings. The van der Waals surface area contributed by atoms with Crippen molar-refractivity contribution in [1.29, 1.82) is 0 Å². The third kappa shape index (κ3) is 11.8. The number of likely N-dealkylation sites (tertiary alicyclic amines) is 3. The summed E-state index contributed by atoms with van der Waals surface area (Å²) in [6.07, 6.45) is 4.72. The van der Waals surface area contributed by atoms with Gasteiger partial charge in [0.2, 0.25) is 5.56 Å². The van der Waals surface area contributed by atoms with Gasteiger partial charge in [-0.3, -0.25) is 24.1 Å². The van der Waals surface area contributed by atoms with Crippen LogP contribution in [0.25, 0.3) is 10.9 Å². The molecular formula is C50H59N5O8S. The molecule has 0 bridgehead atoms. The molecule has 3 fully saturated rings. The molecule has 0 aliphatic carbocycles. The van der Waals surface area contributed by atoms with Crippen LogP contribution < -0.4 is 15.6 Å². The number of piperidine rings is 3. The van der Waals surface area contributed by atoms with Gasteiger partial charge < -0.3 is 39.8 Å². The third-order valence-electron chi connectivity index (χ3n) is 13.0. The smallest absolute Gasteiger partial charge is 0.310 e. The highest BCUT2D eigenvalue weighted by molar-refractivity contribution is 7.15. The number of fused-ring (bicyclic) bond motifs is 1. The van der Waals surface area contributed by atoms with Gasteiger partial charge in [0.05, 0.1) is 41.0 Å². The number of thiophene rings is 1. The van der Waals surface area contributed by atoms with Crippen molar-refractivity contribution in [2.24, 2.45) is 17.8 Å². The molecule has 0 saturated carbocycles. The lowest BCUT2D eigenvalue weighted by Crippen LogP contribution is -2.41. The summed E-state index contributed by atoms with van der Waals surface area (Å²) < 4.78 is 11.9. The minimum absolute atomic E-state index is 0.0444.